The number of likely N-dealkylation sites (tertiary alicyclic amines) is 1. The van der Waals surface area contributed by atoms with Gasteiger partial charge in [-0.3, -0.25) is 9.88 Å². The second-order valence-electron chi connectivity index (χ2n) is 7.39. The monoisotopic (exact) mass is 393 g/mol. The maximum atomic E-state index is 14.3. The zero-order valence-corrected chi connectivity index (χ0v) is 15.7. The van der Waals surface area contributed by atoms with Crippen molar-refractivity contribution >= 4 is 17.7 Å². The molecule has 0 radical (unpaired) electrons. The molecular weight excluding hydrogens is 371 g/mol. The quantitative estimate of drug-likeness (QED) is 0.841. The summed E-state index contributed by atoms with van der Waals surface area (Å²) in [6, 6.07) is 0.689. The standard InChI is InChI=1S/C17H23ClF3N3O2/c1-16(2,3)26-15(25)23-12-4-6-24(7-5-12)10-17(20,21)14-13(19)8-11(18)9-22-14/h8-9,12H,4-7,10H2,1-3H3,(H,23,25). The number of ether oxygens (including phenoxy) is 1. The summed E-state index contributed by atoms with van der Waals surface area (Å²) in [5.41, 5.74) is -1.50. The first-order valence-corrected chi connectivity index (χ1v) is 8.75. The Bertz CT molecular complexity index is 645. The molecular formula is C17H23ClF3N3O2. The second kappa shape index (κ2) is 8.00. The van der Waals surface area contributed by atoms with Crippen molar-refractivity contribution in [3.05, 3.63) is 28.8 Å². The highest BCUT2D eigenvalue weighted by Gasteiger charge is 2.39. The molecule has 1 aromatic rings. The lowest BCUT2D eigenvalue weighted by molar-refractivity contribution is -0.0498. The first kappa shape index (κ1) is 20.8. The number of alkyl carbamates (subject to hydrolysis) is 1. The number of piperidine rings is 1. The van der Waals surface area contributed by atoms with Crippen molar-refractivity contribution in [3.63, 3.8) is 0 Å². The van der Waals surface area contributed by atoms with Crippen LogP contribution in [0.4, 0.5) is 18.0 Å². The van der Waals surface area contributed by atoms with Gasteiger partial charge in [0.1, 0.15) is 11.3 Å². The smallest absolute Gasteiger partial charge is 0.407 e. The summed E-state index contributed by atoms with van der Waals surface area (Å²) in [5.74, 6) is -4.55. The molecule has 0 bridgehead atoms. The van der Waals surface area contributed by atoms with Gasteiger partial charge in [0.2, 0.25) is 0 Å². The van der Waals surface area contributed by atoms with Crippen LogP contribution >= 0.6 is 11.6 Å². The van der Waals surface area contributed by atoms with Crippen LogP contribution in [0.15, 0.2) is 12.3 Å². The summed E-state index contributed by atoms with van der Waals surface area (Å²) in [6.07, 6.45) is 1.50. The van der Waals surface area contributed by atoms with Crippen LogP contribution in [0, 0.1) is 5.82 Å². The van der Waals surface area contributed by atoms with Crippen molar-refractivity contribution in [2.24, 2.45) is 0 Å². The van der Waals surface area contributed by atoms with Gasteiger partial charge in [0, 0.05) is 25.3 Å². The van der Waals surface area contributed by atoms with Crippen molar-refractivity contribution in [1.29, 1.82) is 0 Å². The molecule has 0 aliphatic carbocycles. The molecule has 0 saturated carbocycles. The van der Waals surface area contributed by atoms with E-state index in [0.29, 0.717) is 25.9 Å². The Labute approximate surface area is 155 Å². The minimum absolute atomic E-state index is 0.0314. The number of nitrogens with zero attached hydrogens (tertiary/aromatic N) is 2. The average Bonchev–Trinajstić information content (AvgIpc) is 2.46. The molecule has 1 aliphatic heterocycles. The summed E-state index contributed by atoms with van der Waals surface area (Å²) >= 11 is 5.55. The van der Waals surface area contributed by atoms with E-state index >= 15 is 0 Å². The molecule has 26 heavy (non-hydrogen) atoms. The van der Waals surface area contributed by atoms with E-state index in [1.54, 1.807) is 20.8 Å². The number of amides is 1. The van der Waals surface area contributed by atoms with Crippen LogP contribution in [0.3, 0.4) is 0 Å². The summed E-state index contributed by atoms with van der Waals surface area (Å²) in [7, 11) is 0. The maximum absolute atomic E-state index is 14.3. The molecule has 2 heterocycles. The van der Waals surface area contributed by atoms with Crippen LogP contribution in [0.25, 0.3) is 0 Å². The summed E-state index contributed by atoms with van der Waals surface area (Å²) < 4.78 is 47.6. The molecule has 0 spiro atoms. The minimum atomic E-state index is -3.43. The molecule has 0 atom stereocenters. The number of hydrogen-bond acceptors (Lipinski definition) is 4. The fourth-order valence-electron chi connectivity index (χ4n) is 2.75. The molecule has 1 aromatic heterocycles. The summed E-state index contributed by atoms with van der Waals surface area (Å²) in [4.78, 5) is 16.7. The van der Waals surface area contributed by atoms with Crippen LogP contribution in [0.5, 0.6) is 0 Å². The highest BCUT2D eigenvalue weighted by Crippen LogP contribution is 2.31. The first-order chi connectivity index (χ1) is 12.0. The van der Waals surface area contributed by atoms with E-state index in [9.17, 15) is 18.0 Å². The van der Waals surface area contributed by atoms with Crippen LogP contribution in [-0.4, -0.2) is 47.3 Å². The molecule has 146 valence electrons. The van der Waals surface area contributed by atoms with Gasteiger partial charge < -0.3 is 10.1 Å². The van der Waals surface area contributed by atoms with Gasteiger partial charge in [-0.25, -0.2) is 9.18 Å². The van der Waals surface area contributed by atoms with Crippen molar-refractivity contribution in [2.75, 3.05) is 19.6 Å². The van der Waals surface area contributed by atoms with E-state index in [-0.39, 0.29) is 11.1 Å². The molecule has 2 rings (SSSR count). The molecule has 1 aliphatic rings. The Morgan fingerprint density at radius 1 is 1.38 bits per heavy atom. The summed E-state index contributed by atoms with van der Waals surface area (Å²) in [5, 5.41) is 2.71. The zero-order chi connectivity index (χ0) is 19.5. The predicted molar refractivity (Wildman–Crippen MR) is 91.9 cm³/mol. The van der Waals surface area contributed by atoms with Crippen LogP contribution in [0.2, 0.25) is 5.02 Å². The third-order valence-corrected chi connectivity index (χ3v) is 4.09. The lowest BCUT2D eigenvalue weighted by atomic mass is 10.0. The first-order valence-electron chi connectivity index (χ1n) is 8.37. The second-order valence-corrected chi connectivity index (χ2v) is 7.82. The van der Waals surface area contributed by atoms with E-state index in [1.807, 2.05) is 0 Å². The highest BCUT2D eigenvalue weighted by molar-refractivity contribution is 6.30. The van der Waals surface area contributed by atoms with Gasteiger partial charge in [0.25, 0.3) is 0 Å². The molecule has 5 nitrogen and oxygen atoms in total. The topological polar surface area (TPSA) is 54.5 Å². The van der Waals surface area contributed by atoms with Gasteiger partial charge in [-0.05, 0) is 39.7 Å². The number of hydrogen-bond donors (Lipinski definition) is 1. The SMILES string of the molecule is CC(C)(C)OC(=O)NC1CCN(CC(F)(F)c2ncc(Cl)cc2F)CC1. The van der Waals surface area contributed by atoms with E-state index in [4.69, 9.17) is 16.3 Å². The van der Waals surface area contributed by atoms with Gasteiger partial charge in [-0.2, -0.15) is 8.78 Å². The number of carbonyl (C=O) groups excluding carboxylic acids is 1. The number of rotatable bonds is 4. The molecule has 1 amide bonds. The number of pyridine rings is 1. The zero-order valence-electron chi connectivity index (χ0n) is 15.0. The minimum Gasteiger partial charge on any atom is -0.444 e. The van der Waals surface area contributed by atoms with Gasteiger partial charge >= 0.3 is 12.0 Å². The molecule has 1 N–H and O–H groups in total. The molecule has 0 aromatic carbocycles. The third kappa shape index (κ3) is 6.02. The van der Waals surface area contributed by atoms with E-state index in [0.717, 1.165) is 12.3 Å². The van der Waals surface area contributed by atoms with Gasteiger partial charge in [-0.15, -0.1) is 0 Å². The normalized spacial score (nSPS) is 17.2. The Morgan fingerprint density at radius 2 is 2.00 bits per heavy atom. The van der Waals surface area contributed by atoms with Crippen molar-refractivity contribution < 1.29 is 22.7 Å². The Morgan fingerprint density at radius 3 is 2.54 bits per heavy atom. The Hall–Kier alpha value is -1.54. The average molecular weight is 394 g/mol. The van der Waals surface area contributed by atoms with Crippen molar-refractivity contribution in [2.45, 2.75) is 51.2 Å². The highest BCUT2D eigenvalue weighted by atomic mass is 35.5. The lowest BCUT2D eigenvalue weighted by Gasteiger charge is -2.34. The van der Waals surface area contributed by atoms with Crippen LogP contribution in [0.1, 0.15) is 39.3 Å². The van der Waals surface area contributed by atoms with E-state index in [2.05, 4.69) is 10.3 Å². The van der Waals surface area contributed by atoms with Gasteiger partial charge in [0.15, 0.2) is 5.82 Å². The molecule has 9 heteroatoms. The van der Waals surface area contributed by atoms with E-state index < -0.39 is 35.7 Å². The molecule has 1 saturated heterocycles. The predicted octanol–water partition coefficient (Wildman–Crippen LogP) is 3.96. The number of aromatic nitrogens is 1. The number of alkyl halides is 2. The number of halogens is 4. The Balaban J connectivity index is 1.87. The molecule has 1 fully saturated rings. The number of nitrogens with one attached hydrogen (secondary N) is 1. The lowest BCUT2D eigenvalue weighted by Crippen LogP contribution is -2.48. The number of carbonyl (C=O) groups is 1. The van der Waals surface area contributed by atoms with Crippen molar-refractivity contribution in [3.8, 4) is 0 Å². The fourth-order valence-corrected chi connectivity index (χ4v) is 2.89. The van der Waals surface area contributed by atoms with Crippen molar-refractivity contribution in [1.82, 2.24) is 15.2 Å². The maximum Gasteiger partial charge on any atom is 0.407 e. The van der Waals surface area contributed by atoms with Gasteiger partial charge in [0.05, 0.1) is 11.6 Å². The largest absolute Gasteiger partial charge is 0.444 e. The van der Waals surface area contributed by atoms with Crippen LogP contribution in [-0.2, 0) is 10.7 Å². The Kier molecular flexibility index (Phi) is 6.39. The van der Waals surface area contributed by atoms with E-state index in [1.165, 1.54) is 4.90 Å². The van der Waals surface area contributed by atoms with Gasteiger partial charge in [-0.1, -0.05) is 11.6 Å². The molecule has 0 unspecified atom stereocenters. The third-order valence-electron chi connectivity index (χ3n) is 3.88. The summed E-state index contributed by atoms with van der Waals surface area (Å²) in [6.45, 7) is 5.36. The van der Waals surface area contributed by atoms with Crippen LogP contribution < -0.4 is 5.32 Å². The fraction of sp³-hybridized carbons (Fsp3) is 0.647.